The zero-order valence-corrected chi connectivity index (χ0v) is 19.3. The maximum absolute atomic E-state index is 12.0. The molecule has 0 saturated carbocycles. The van der Waals surface area contributed by atoms with E-state index in [1.165, 1.54) is 11.1 Å². The molecule has 2 amide bonds. The largest absolute Gasteiger partial charge is 0.379 e. The quantitative estimate of drug-likeness (QED) is 0.761. The molecule has 1 aliphatic heterocycles. The van der Waals surface area contributed by atoms with Gasteiger partial charge in [-0.1, -0.05) is 52.0 Å². The van der Waals surface area contributed by atoms with E-state index in [-0.39, 0.29) is 11.8 Å². The summed E-state index contributed by atoms with van der Waals surface area (Å²) in [6.07, 6.45) is 0. The second kappa shape index (κ2) is 12.2. The number of hydrogen-bond acceptors (Lipinski definition) is 4. The topological polar surface area (TPSA) is 70.7 Å². The third-order valence-electron chi connectivity index (χ3n) is 5.18. The Bertz CT molecular complexity index is 824. The van der Waals surface area contributed by atoms with E-state index in [0.29, 0.717) is 36.2 Å². The van der Waals surface area contributed by atoms with Crippen molar-refractivity contribution in [2.45, 2.75) is 39.5 Å². The van der Waals surface area contributed by atoms with Gasteiger partial charge in [-0.25, -0.2) is 5.01 Å². The van der Waals surface area contributed by atoms with Crippen molar-refractivity contribution in [1.82, 2.24) is 15.8 Å². The summed E-state index contributed by atoms with van der Waals surface area (Å²) in [5.41, 5.74) is 6.82. The fourth-order valence-electron chi connectivity index (χ4n) is 3.07. The molecule has 1 heterocycles. The predicted octanol–water partition coefficient (Wildman–Crippen LogP) is 3.96. The minimum absolute atomic E-state index is 0.0321. The smallest absolute Gasteiger partial charge is 0.265 e. The number of benzene rings is 2. The summed E-state index contributed by atoms with van der Waals surface area (Å²) in [5, 5.41) is 4.50. The van der Waals surface area contributed by atoms with E-state index < -0.39 is 0 Å². The van der Waals surface area contributed by atoms with Crippen LogP contribution < -0.4 is 10.7 Å². The van der Waals surface area contributed by atoms with Crippen molar-refractivity contribution in [3.63, 3.8) is 0 Å². The van der Waals surface area contributed by atoms with Crippen molar-refractivity contribution in [2.24, 2.45) is 0 Å². The molecule has 0 bridgehead atoms. The minimum atomic E-state index is -0.0489. The average Bonchev–Trinajstić information content (AvgIpc) is 2.79. The van der Waals surface area contributed by atoms with Gasteiger partial charge in [0.1, 0.15) is 0 Å². The lowest BCUT2D eigenvalue weighted by Crippen LogP contribution is -2.48. The van der Waals surface area contributed by atoms with E-state index in [9.17, 15) is 9.59 Å². The van der Waals surface area contributed by atoms with E-state index >= 15 is 0 Å². The molecule has 6 heteroatoms. The van der Waals surface area contributed by atoms with Gasteiger partial charge >= 0.3 is 0 Å². The highest BCUT2D eigenvalue weighted by Crippen LogP contribution is 2.15. The van der Waals surface area contributed by atoms with Crippen molar-refractivity contribution in [3.8, 4) is 0 Å². The highest BCUT2D eigenvalue weighted by atomic mass is 16.5. The van der Waals surface area contributed by atoms with Gasteiger partial charge in [0.15, 0.2) is 0 Å². The molecule has 0 aliphatic carbocycles. The van der Waals surface area contributed by atoms with Crippen LogP contribution >= 0.6 is 0 Å². The van der Waals surface area contributed by atoms with Crippen LogP contribution in [0, 0.1) is 0 Å². The van der Waals surface area contributed by atoms with Crippen LogP contribution in [-0.2, 0) is 4.74 Å². The predicted molar refractivity (Wildman–Crippen MR) is 124 cm³/mol. The van der Waals surface area contributed by atoms with E-state index in [1.807, 2.05) is 53.5 Å². The Morgan fingerprint density at radius 1 is 0.774 bits per heavy atom. The molecule has 0 radical (unpaired) electrons. The molecular weight excluding hydrogens is 390 g/mol. The summed E-state index contributed by atoms with van der Waals surface area (Å²) >= 11 is 0. The van der Waals surface area contributed by atoms with Crippen LogP contribution in [0.4, 0.5) is 0 Å². The number of amides is 2. The molecule has 1 aliphatic rings. The van der Waals surface area contributed by atoms with E-state index in [1.54, 1.807) is 7.05 Å². The molecule has 1 fully saturated rings. The lowest BCUT2D eigenvalue weighted by Gasteiger charge is -2.26. The number of morpholine rings is 1. The molecule has 0 atom stereocenters. The summed E-state index contributed by atoms with van der Waals surface area (Å²) in [6, 6.07) is 15.5. The zero-order valence-electron chi connectivity index (χ0n) is 19.3. The monoisotopic (exact) mass is 425 g/mol. The van der Waals surface area contributed by atoms with Gasteiger partial charge in [-0.15, -0.1) is 0 Å². The average molecular weight is 426 g/mol. The first-order valence-corrected chi connectivity index (χ1v) is 10.9. The molecule has 1 saturated heterocycles. The third-order valence-corrected chi connectivity index (χ3v) is 5.18. The number of carbonyl (C=O) groups is 2. The van der Waals surface area contributed by atoms with Crippen LogP contribution in [0.5, 0.6) is 0 Å². The highest BCUT2D eigenvalue weighted by Gasteiger charge is 2.14. The first kappa shape index (κ1) is 24.6. The Labute approximate surface area is 185 Å². The number of nitrogens with one attached hydrogen (secondary N) is 2. The summed E-state index contributed by atoms with van der Waals surface area (Å²) in [6.45, 7) is 11.4. The number of rotatable bonds is 5. The molecule has 2 N–H and O–H groups in total. The summed E-state index contributed by atoms with van der Waals surface area (Å²) < 4.78 is 5.24. The molecule has 0 aromatic heterocycles. The normalized spacial score (nSPS) is 14.0. The SMILES string of the molecule is CC(C)c1ccc(C(=O)NN2CCOCC2)cc1.CNC(=O)c1ccc(C(C)C)cc1. The van der Waals surface area contributed by atoms with Crippen molar-refractivity contribution in [2.75, 3.05) is 33.4 Å². The Hall–Kier alpha value is -2.70. The summed E-state index contributed by atoms with van der Waals surface area (Å²) in [7, 11) is 1.64. The number of hydrazine groups is 1. The van der Waals surface area contributed by atoms with Crippen molar-refractivity contribution in [1.29, 1.82) is 0 Å². The van der Waals surface area contributed by atoms with Gasteiger partial charge in [-0.05, 0) is 47.2 Å². The van der Waals surface area contributed by atoms with Gasteiger partial charge in [-0.2, -0.15) is 0 Å². The maximum Gasteiger partial charge on any atom is 0.265 e. The van der Waals surface area contributed by atoms with Gasteiger partial charge in [0, 0.05) is 31.3 Å². The molecule has 3 rings (SSSR count). The zero-order chi connectivity index (χ0) is 22.8. The second-order valence-electron chi connectivity index (χ2n) is 8.17. The number of ether oxygens (including phenoxy) is 1. The molecule has 168 valence electrons. The number of hydrogen-bond donors (Lipinski definition) is 2. The fourth-order valence-corrected chi connectivity index (χ4v) is 3.07. The van der Waals surface area contributed by atoms with Gasteiger partial charge in [0.2, 0.25) is 0 Å². The minimum Gasteiger partial charge on any atom is -0.379 e. The fraction of sp³-hybridized carbons (Fsp3) is 0.440. The Morgan fingerprint density at radius 2 is 1.19 bits per heavy atom. The van der Waals surface area contributed by atoms with E-state index in [2.05, 4.69) is 38.4 Å². The van der Waals surface area contributed by atoms with Crippen LogP contribution in [0.2, 0.25) is 0 Å². The Kier molecular flexibility index (Phi) is 9.69. The van der Waals surface area contributed by atoms with Gasteiger partial charge in [-0.3, -0.25) is 15.0 Å². The Morgan fingerprint density at radius 3 is 1.58 bits per heavy atom. The first-order chi connectivity index (χ1) is 14.8. The molecule has 31 heavy (non-hydrogen) atoms. The van der Waals surface area contributed by atoms with Gasteiger partial charge in [0.05, 0.1) is 13.2 Å². The highest BCUT2D eigenvalue weighted by molar-refractivity contribution is 5.94. The molecule has 2 aromatic carbocycles. The van der Waals surface area contributed by atoms with Crippen molar-refractivity contribution in [3.05, 3.63) is 70.8 Å². The molecule has 0 unspecified atom stereocenters. The summed E-state index contributed by atoms with van der Waals surface area (Å²) in [5.74, 6) is 0.919. The van der Waals surface area contributed by atoms with Gasteiger partial charge in [0.25, 0.3) is 11.8 Å². The maximum atomic E-state index is 12.0. The van der Waals surface area contributed by atoms with Crippen LogP contribution in [0.15, 0.2) is 48.5 Å². The number of nitrogens with zero attached hydrogens (tertiary/aromatic N) is 1. The molecule has 2 aromatic rings. The Balaban J connectivity index is 0.000000233. The molecule has 0 spiro atoms. The lowest BCUT2D eigenvalue weighted by atomic mass is 10.0. The molecule has 6 nitrogen and oxygen atoms in total. The van der Waals surface area contributed by atoms with Gasteiger partial charge < -0.3 is 10.1 Å². The standard InChI is InChI=1S/C14H20N2O2.C11H15NO/c1-11(2)12-3-5-13(6-4-12)14(17)15-16-7-9-18-10-8-16;1-8(2)9-4-6-10(7-5-9)11(13)12-3/h3-6,11H,7-10H2,1-2H3,(H,15,17);4-8H,1-3H3,(H,12,13). The van der Waals surface area contributed by atoms with Crippen LogP contribution in [-0.4, -0.2) is 50.2 Å². The van der Waals surface area contributed by atoms with Crippen LogP contribution in [0.3, 0.4) is 0 Å². The third kappa shape index (κ3) is 7.81. The second-order valence-corrected chi connectivity index (χ2v) is 8.17. The summed E-state index contributed by atoms with van der Waals surface area (Å²) in [4.78, 5) is 23.2. The van der Waals surface area contributed by atoms with Crippen molar-refractivity contribution < 1.29 is 14.3 Å². The van der Waals surface area contributed by atoms with E-state index in [4.69, 9.17) is 4.74 Å². The lowest BCUT2D eigenvalue weighted by molar-refractivity contribution is 0.0126. The molecular formula is C25H35N3O3. The van der Waals surface area contributed by atoms with E-state index in [0.717, 1.165) is 13.1 Å². The first-order valence-electron chi connectivity index (χ1n) is 10.9. The van der Waals surface area contributed by atoms with Crippen LogP contribution in [0.1, 0.15) is 71.4 Å². The number of carbonyl (C=O) groups excluding carboxylic acids is 2. The van der Waals surface area contributed by atoms with Crippen LogP contribution in [0.25, 0.3) is 0 Å². The van der Waals surface area contributed by atoms with Crippen molar-refractivity contribution >= 4 is 11.8 Å².